The molecule has 138 valence electrons. The van der Waals surface area contributed by atoms with E-state index in [1.807, 2.05) is 0 Å². The van der Waals surface area contributed by atoms with Crippen LogP contribution < -0.4 is 10.4 Å². The van der Waals surface area contributed by atoms with Crippen molar-refractivity contribution in [2.45, 2.75) is 59.3 Å². The van der Waals surface area contributed by atoms with Crippen LogP contribution in [0.15, 0.2) is 42.5 Å². The van der Waals surface area contributed by atoms with Gasteiger partial charge < -0.3 is 14.2 Å². The van der Waals surface area contributed by atoms with E-state index in [9.17, 15) is 0 Å². The Balaban J connectivity index is 1.70. The van der Waals surface area contributed by atoms with Gasteiger partial charge >= 0.3 is 7.12 Å². The number of hydrogen-bond acceptors (Lipinski definition) is 3. The largest absolute Gasteiger partial charge is 0.494 e. The Morgan fingerprint density at radius 3 is 1.85 bits per heavy atom. The van der Waals surface area contributed by atoms with Gasteiger partial charge in [-0.15, -0.1) is 0 Å². The smallest absolute Gasteiger partial charge is 0.399 e. The summed E-state index contributed by atoms with van der Waals surface area (Å²) in [5.74, 6) is 0. The van der Waals surface area contributed by atoms with Crippen LogP contribution in [0, 0.1) is 13.8 Å². The van der Waals surface area contributed by atoms with Gasteiger partial charge in [-0.25, -0.2) is 0 Å². The van der Waals surface area contributed by atoms with E-state index in [0.717, 1.165) is 12.0 Å². The van der Waals surface area contributed by atoms with Crippen molar-refractivity contribution in [1.82, 2.24) is 0 Å². The molecule has 1 fully saturated rings. The predicted molar refractivity (Wildman–Crippen MR) is 110 cm³/mol. The van der Waals surface area contributed by atoms with Crippen LogP contribution in [-0.4, -0.2) is 25.4 Å². The van der Waals surface area contributed by atoms with Crippen molar-refractivity contribution in [3.63, 3.8) is 0 Å². The van der Waals surface area contributed by atoms with E-state index in [1.54, 1.807) is 0 Å². The summed E-state index contributed by atoms with van der Waals surface area (Å²) >= 11 is 0. The first-order valence-electron chi connectivity index (χ1n) is 9.31. The van der Waals surface area contributed by atoms with Crippen molar-refractivity contribution < 1.29 is 9.31 Å². The lowest BCUT2D eigenvalue weighted by molar-refractivity contribution is 0.00578. The van der Waals surface area contributed by atoms with E-state index in [-0.39, 0.29) is 18.3 Å². The third kappa shape index (κ3) is 3.82. The topological polar surface area (TPSA) is 21.7 Å². The van der Waals surface area contributed by atoms with Crippen LogP contribution >= 0.6 is 0 Å². The highest BCUT2D eigenvalue weighted by atomic mass is 16.7. The Morgan fingerprint density at radius 2 is 1.35 bits per heavy atom. The molecular weight excluding hydrogens is 321 g/mol. The molecule has 0 saturated carbocycles. The summed E-state index contributed by atoms with van der Waals surface area (Å²) in [5, 5.41) is 0. The van der Waals surface area contributed by atoms with Crippen LogP contribution in [0.3, 0.4) is 0 Å². The van der Waals surface area contributed by atoms with E-state index < -0.39 is 0 Å². The average Bonchev–Trinajstić information content (AvgIpc) is 2.75. The number of aryl methyl sites for hydroxylation is 2. The van der Waals surface area contributed by atoms with Gasteiger partial charge in [-0.1, -0.05) is 30.3 Å². The first-order chi connectivity index (χ1) is 12.1. The van der Waals surface area contributed by atoms with E-state index in [2.05, 4.69) is 96.0 Å². The number of nitrogens with zero attached hydrogens (tertiary/aromatic N) is 1. The van der Waals surface area contributed by atoms with Crippen molar-refractivity contribution >= 4 is 18.3 Å². The number of anilines is 1. The fourth-order valence-corrected chi connectivity index (χ4v) is 3.30. The summed E-state index contributed by atoms with van der Waals surface area (Å²) in [4.78, 5) is 2.28. The SMILES string of the molecule is Cc1cc(C)cc(N(C)Cc2ccc(B3OC(C)(C)C(C)(C)O3)cc2)c1. The van der Waals surface area contributed by atoms with Crippen molar-refractivity contribution in [1.29, 1.82) is 0 Å². The number of benzene rings is 2. The molecule has 3 rings (SSSR count). The van der Waals surface area contributed by atoms with Crippen molar-refractivity contribution in [2.24, 2.45) is 0 Å². The minimum absolute atomic E-state index is 0.300. The van der Waals surface area contributed by atoms with Gasteiger partial charge in [-0.3, -0.25) is 0 Å². The lowest BCUT2D eigenvalue weighted by Crippen LogP contribution is -2.41. The minimum atomic E-state index is -0.306. The normalized spacial score (nSPS) is 18.2. The van der Waals surface area contributed by atoms with Gasteiger partial charge in [0.05, 0.1) is 11.2 Å². The summed E-state index contributed by atoms with van der Waals surface area (Å²) in [6.45, 7) is 13.5. The Morgan fingerprint density at radius 1 is 0.846 bits per heavy atom. The Hall–Kier alpha value is -1.78. The highest BCUT2D eigenvalue weighted by molar-refractivity contribution is 6.62. The third-order valence-corrected chi connectivity index (χ3v) is 5.57. The third-order valence-electron chi connectivity index (χ3n) is 5.57. The average molecular weight is 351 g/mol. The molecule has 2 aromatic rings. The fraction of sp³-hybridized carbons (Fsp3) is 0.455. The highest BCUT2D eigenvalue weighted by Gasteiger charge is 2.51. The van der Waals surface area contributed by atoms with Crippen LogP contribution in [-0.2, 0) is 15.9 Å². The molecule has 0 radical (unpaired) electrons. The molecule has 0 N–H and O–H groups in total. The maximum Gasteiger partial charge on any atom is 0.494 e. The van der Waals surface area contributed by atoms with Crippen molar-refractivity contribution in [3.8, 4) is 0 Å². The zero-order chi connectivity index (χ0) is 19.1. The monoisotopic (exact) mass is 351 g/mol. The van der Waals surface area contributed by atoms with Crippen molar-refractivity contribution in [3.05, 3.63) is 59.2 Å². The molecule has 0 amide bonds. The van der Waals surface area contributed by atoms with Gasteiger partial charge in [-0.2, -0.15) is 0 Å². The van der Waals surface area contributed by atoms with Gasteiger partial charge in [0.2, 0.25) is 0 Å². The quantitative estimate of drug-likeness (QED) is 0.769. The maximum atomic E-state index is 6.13. The molecule has 0 aliphatic carbocycles. The Bertz CT molecular complexity index is 747. The summed E-state index contributed by atoms with van der Waals surface area (Å²) in [5.41, 5.74) is 5.57. The van der Waals surface area contributed by atoms with Crippen LogP contribution in [0.2, 0.25) is 0 Å². The molecule has 0 bridgehead atoms. The molecule has 0 atom stereocenters. The molecule has 1 aliphatic rings. The summed E-state index contributed by atoms with van der Waals surface area (Å²) in [6.07, 6.45) is 0. The maximum absolute atomic E-state index is 6.13. The molecule has 0 spiro atoms. The van der Waals surface area contributed by atoms with Crippen LogP contribution in [0.1, 0.15) is 44.4 Å². The predicted octanol–water partition coefficient (Wildman–Crippen LogP) is 4.24. The molecule has 1 aliphatic heterocycles. The minimum Gasteiger partial charge on any atom is -0.399 e. The zero-order valence-corrected chi connectivity index (χ0v) is 17.1. The van der Waals surface area contributed by atoms with Gasteiger partial charge in [0.1, 0.15) is 0 Å². The molecule has 0 unspecified atom stereocenters. The van der Waals surface area contributed by atoms with E-state index >= 15 is 0 Å². The lowest BCUT2D eigenvalue weighted by atomic mass is 9.79. The van der Waals surface area contributed by atoms with Gasteiger partial charge in [0, 0.05) is 19.3 Å². The highest BCUT2D eigenvalue weighted by Crippen LogP contribution is 2.36. The summed E-state index contributed by atoms with van der Waals surface area (Å²) in [6, 6.07) is 15.2. The first-order valence-corrected chi connectivity index (χ1v) is 9.31. The van der Waals surface area contributed by atoms with Gasteiger partial charge in [0.25, 0.3) is 0 Å². The summed E-state index contributed by atoms with van der Waals surface area (Å²) < 4.78 is 12.3. The standard InChI is InChI=1S/C22H30BNO2/c1-16-12-17(2)14-20(13-16)24(7)15-18-8-10-19(11-9-18)23-25-21(3,4)22(5,6)26-23/h8-14H,15H2,1-7H3. The van der Waals surface area contributed by atoms with E-state index in [4.69, 9.17) is 9.31 Å². The molecule has 2 aromatic carbocycles. The molecule has 3 nitrogen and oxygen atoms in total. The number of hydrogen-bond donors (Lipinski definition) is 0. The molecule has 1 heterocycles. The van der Waals surface area contributed by atoms with E-state index in [0.29, 0.717) is 0 Å². The van der Waals surface area contributed by atoms with Gasteiger partial charge in [0.15, 0.2) is 0 Å². The lowest BCUT2D eigenvalue weighted by Gasteiger charge is -2.32. The fourth-order valence-electron chi connectivity index (χ4n) is 3.30. The second kappa shape index (κ2) is 6.75. The van der Waals surface area contributed by atoms with Crippen LogP contribution in [0.4, 0.5) is 5.69 Å². The second-order valence-corrected chi connectivity index (χ2v) is 8.53. The van der Waals surface area contributed by atoms with E-state index in [1.165, 1.54) is 22.4 Å². The summed E-state index contributed by atoms with van der Waals surface area (Å²) in [7, 11) is 1.84. The van der Waals surface area contributed by atoms with Crippen LogP contribution in [0.5, 0.6) is 0 Å². The van der Waals surface area contributed by atoms with Gasteiger partial charge in [-0.05, 0) is 75.8 Å². The molecule has 26 heavy (non-hydrogen) atoms. The molecular formula is C22H30BNO2. The zero-order valence-electron chi connectivity index (χ0n) is 17.1. The van der Waals surface area contributed by atoms with Crippen LogP contribution in [0.25, 0.3) is 0 Å². The Labute approximate surface area is 158 Å². The molecule has 4 heteroatoms. The van der Waals surface area contributed by atoms with Crippen molar-refractivity contribution in [2.75, 3.05) is 11.9 Å². The number of rotatable bonds is 4. The molecule has 0 aromatic heterocycles. The second-order valence-electron chi connectivity index (χ2n) is 8.53. The molecule has 1 saturated heterocycles. The first kappa shape index (κ1) is 19.0. The Kier molecular flexibility index (Phi) is 4.93.